The molecule has 2 atom stereocenters. The normalized spacial score (nSPS) is 16.6. The van der Waals surface area contributed by atoms with E-state index in [1.807, 2.05) is 13.0 Å². The second kappa shape index (κ2) is 6.05. The van der Waals surface area contributed by atoms with Gasteiger partial charge in [0.1, 0.15) is 0 Å². The zero-order valence-corrected chi connectivity index (χ0v) is 12.0. The van der Waals surface area contributed by atoms with Crippen LogP contribution in [0.15, 0.2) is 18.2 Å². The van der Waals surface area contributed by atoms with Crippen molar-refractivity contribution in [2.75, 3.05) is 7.11 Å². The highest BCUT2D eigenvalue weighted by molar-refractivity contribution is 6.33. The lowest BCUT2D eigenvalue weighted by molar-refractivity contribution is -0.0184. The van der Waals surface area contributed by atoms with Crippen molar-refractivity contribution in [3.63, 3.8) is 0 Å². The van der Waals surface area contributed by atoms with E-state index in [1.54, 1.807) is 19.2 Å². The van der Waals surface area contributed by atoms with E-state index in [2.05, 4.69) is 6.92 Å². The van der Waals surface area contributed by atoms with E-state index in [1.165, 1.54) is 0 Å². The fourth-order valence-electron chi connectivity index (χ4n) is 1.71. The molecule has 0 aliphatic carbocycles. The molecule has 0 spiro atoms. The minimum Gasteiger partial charge on any atom is -0.377 e. The standard InChI is InChI=1S/C13H19Cl2NO/c1-4-13(2,17-3)12(16)8-9-7-10(14)5-6-11(9)15/h5-7,12H,4,8,16H2,1-3H3. The van der Waals surface area contributed by atoms with Gasteiger partial charge in [-0.2, -0.15) is 0 Å². The van der Waals surface area contributed by atoms with Gasteiger partial charge >= 0.3 is 0 Å². The Hall–Kier alpha value is -0.280. The Bertz CT molecular complexity index is 378. The Labute approximate surface area is 113 Å². The highest BCUT2D eigenvalue weighted by atomic mass is 35.5. The zero-order valence-electron chi connectivity index (χ0n) is 10.5. The van der Waals surface area contributed by atoms with Gasteiger partial charge in [0.2, 0.25) is 0 Å². The minimum absolute atomic E-state index is 0.117. The van der Waals surface area contributed by atoms with Crippen LogP contribution in [-0.2, 0) is 11.2 Å². The average Bonchev–Trinajstić information content (AvgIpc) is 2.32. The maximum absolute atomic E-state index is 6.20. The van der Waals surface area contributed by atoms with Crippen LogP contribution < -0.4 is 5.73 Å². The molecular formula is C13H19Cl2NO. The third-order valence-electron chi connectivity index (χ3n) is 3.40. The van der Waals surface area contributed by atoms with Crippen LogP contribution >= 0.6 is 23.2 Å². The molecule has 96 valence electrons. The van der Waals surface area contributed by atoms with Gasteiger partial charge < -0.3 is 10.5 Å². The Morgan fingerprint density at radius 1 is 1.41 bits per heavy atom. The number of hydrogen-bond donors (Lipinski definition) is 1. The summed E-state index contributed by atoms with van der Waals surface area (Å²) in [6, 6.07) is 5.31. The highest BCUT2D eigenvalue weighted by Crippen LogP contribution is 2.26. The van der Waals surface area contributed by atoms with E-state index >= 15 is 0 Å². The second-order valence-corrected chi connectivity index (χ2v) is 5.26. The Balaban J connectivity index is 2.87. The first kappa shape index (κ1) is 14.8. The minimum atomic E-state index is -0.342. The molecule has 0 fully saturated rings. The number of ether oxygens (including phenoxy) is 1. The summed E-state index contributed by atoms with van der Waals surface area (Å²) in [4.78, 5) is 0. The van der Waals surface area contributed by atoms with Crippen LogP contribution in [-0.4, -0.2) is 18.8 Å². The van der Waals surface area contributed by atoms with E-state index in [4.69, 9.17) is 33.7 Å². The molecule has 1 rings (SSSR count). The molecule has 0 saturated carbocycles. The molecule has 17 heavy (non-hydrogen) atoms. The fourth-order valence-corrected chi connectivity index (χ4v) is 2.10. The third-order valence-corrected chi connectivity index (χ3v) is 4.00. The highest BCUT2D eigenvalue weighted by Gasteiger charge is 2.30. The van der Waals surface area contributed by atoms with E-state index < -0.39 is 0 Å². The number of benzene rings is 1. The molecule has 0 aliphatic heterocycles. The van der Waals surface area contributed by atoms with Gasteiger partial charge in [0.15, 0.2) is 0 Å². The lowest BCUT2D eigenvalue weighted by Crippen LogP contribution is -2.48. The number of nitrogens with two attached hydrogens (primary N) is 1. The topological polar surface area (TPSA) is 35.2 Å². The lowest BCUT2D eigenvalue weighted by Gasteiger charge is -2.33. The molecule has 0 amide bonds. The van der Waals surface area contributed by atoms with E-state index in [0.29, 0.717) is 16.5 Å². The summed E-state index contributed by atoms with van der Waals surface area (Å²) in [6.45, 7) is 4.07. The van der Waals surface area contributed by atoms with Crippen LogP contribution in [0.4, 0.5) is 0 Å². The maximum Gasteiger partial charge on any atom is 0.0801 e. The van der Waals surface area contributed by atoms with Crippen molar-refractivity contribution in [3.8, 4) is 0 Å². The monoisotopic (exact) mass is 275 g/mol. The Kier molecular flexibility index (Phi) is 5.26. The summed E-state index contributed by atoms with van der Waals surface area (Å²) in [5.74, 6) is 0. The molecule has 1 aromatic rings. The molecule has 0 aromatic heterocycles. The first-order valence-corrected chi connectivity index (χ1v) is 6.43. The lowest BCUT2D eigenvalue weighted by atomic mass is 9.89. The first-order valence-electron chi connectivity index (χ1n) is 5.67. The predicted molar refractivity (Wildman–Crippen MR) is 73.8 cm³/mol. The van der Waals surface area contributed by atoms with Gasteiger partial charge in [-0.1, -0.05) is 30.1 Å². The quantitative estimate of drug-likeness (QED) is 0.890. The molecule has 2 nitrogen and oxygen atoms in total. The average molecular weight is 276 g/mol. The van der Waals surface area contributed by atoms with E-state index in [-0.39, 0.29) is 11.6 Å². The van der Waals surface area contributed by atoms with Crippen molar-refractivity contribution in [3.05, 3.63) is 33.8 Å². The summed E-state index contributed by atoms with van der Waals surface area (Å²) in [6.07, 6.45) is 1.50. The number of hydrogen-bond acceptors (Lipinski definition) is 2. The molecule has 2 N–H and O–H groups in total. The van der Waals surface area contributed by atoms with Crippen LogP contribution in [0.3, 0.4) is 0 Å². The molecule has 0 aliphatic rings. The number of halogens is 2. The van der Waals surface area contributed by atoms with Gasteiger partial charge in [-0.25, -0.2) is 0 Å². The zero-order chi connectivity index (χ0) is 13.1. The Morgan fingerprint density at radius 3 is 2.59 bits per heavy atom. The van der Waals surface area contributed by atoms with Gasteiger partial charge in [0.05, 0.1) is 5.60 Å². The van der Waals surface area contributed by atoms with Gasteiger partial charge in [0, 0.05) is 23.2 Å². The molecular weight excluding hydrogens is 257 g/mol. The van der Waals surface area contributed by atoms with Crippen LogP contribution in [0.1, 0.15) is 25.8 Å². The van der Waals surface area contributed by atoms with Gasteiger partial charge in [-0.3, -0.25) is 0 Å². The van der Waals surface area contributed by atoms with E-state index in [0.717, 1.165) is 12.0 Å². The summed E-state index contributed by atoms with van der Waals surface area (Å²) in [7, 11) is 1.68. The third kappa shape index (κ3) is 3.59. The van der Waals surface area contributed by atoms with Crippen molar-refractivity contribution >= 4 is 23.2 Å². The van der Waals surface area contributed by atoms with Crippen LogP contribution in [0, 0.1) is 0 Å². The molecule has 0 radical (unpaired) electrons. The van der Waals surface area contributed by atoms with Crippen molar-refractivity contribution in [1.29, 1.82) is 0 Å². The largest absolute Gasteiger partial charge is 0.377 e. The van der Waals surface area contributed by atoms with Crippen molar-refractivity contribution < 1.29 is 4.74 Å². The Morgan fingerprint density at radius 2 is 2.06 bits per heavy atom. The summed E-state index contributed by atoms with van der Waals surface area (Å²) >= 11 is 12.1. The molecule has 0 heterocycles. The number of rotatable bonds is 5. The fraction of sp³-hybridized carbons (Fsp3) is 0.538. The van der Waals surface area contributed by atoms with Gasteiger partial charge in [-0.05, 0) is 43.5 Å². The molecule has 2 unspecified atom stereocenters. The van der Waals surface area contributed by atoms with Gasteiger partial charge in [-0.15, -0.1) is 0 Å². The first-order chi connectivity index (χ1) is 7.92. The second-order valence-electron chi connectivity index (χ2n) is 4.42. The summed E-state index contributed by atoms with van der Waals surface area (Å²) in [5, 5.41) is 1.37. The maximum atomic E-state index is 6.20. The predicted octanol–water partition coefficient (Wildman–Crippen LogP) is 3.68. The van der Waals surface area contributed by atoms with Crippen molar-refractivity contribution in [2.24, 2.45) is 5.73 Å². The smallest absolute Gasteiger partial charge is 0.0801 e. The summed E-state index contributed by atoms with van der Waals surface area (Å²) in [5.41, 5.74) is 6.82. The van der Waals surface area contributed by atoms with Crippen molar-refractivity contribution in [2.45, 2.75) is 38.3 Å². The van der Waals surface area contributed by atoms with Crippen LogP contribution in [0.5, 0.6) is 0 Å². The molecule has 0 saturated heterocycles. The van der Waals surface area contributed by atoms with Gasteiger partial charge in [0.25, 0.3) is 0 Å². The summed E-state index contributed by atoms with van der Waals surface area (Å²) < 4.78 is 5.49. The van der Waals surface area contributed by atoms with Crippen LogP contribution in [0.25, 0.3) is 0 Å². The SMILES string of the molecule is CCC(C)(OC)C(N)Cc1cc(Cl)ccc1Cl. The molecule has 0 bridgehead atoms. The number of methoxy groups -OCH3 is 1. The molecule has 1 aromatic carbocycles. The molecule has 4 heteroatoms. The van der Waals surface area contributed by atoms with Crippen molar-refractivity contribution in [1.82, 2.24) is 0 Å². The van der Waals surface area contributed by atoms with Crippen LogP contribution in [0.2, 0.25) is 10.0 Å². The van der Waals surface area contributed by atoms with E-state index in [9.17, 15) is 0 Å².